The van der Waals surface area contributed by atoms with Crippen molar-refractivity contribution in [2.45, 2.75) is 44.4 Å². The first-order valence-electron chi connectivity index (χ1n) is 9.01. The molecule has 0 saturated heterocycles. The van der Waals surface area contributed by atoms with E-state index in [1.165, 1.54) is 4.90 Å². The molecular formula is C22H28O2S. The number of ether oxygens (including phenoxy) is 1. The molecule has 0 amide bonds. The second-order valence-corrected chi connectivity index (χ2v) is 7.90. The number of hydrogen-bond acceptors (Lipinski definition) is 3. The lowest BCUT2D eigenvalue weighted by molar-refractivity contribution is -0.119. The van der Waals surface area contributed by atoms with Gasteiger partial charge in [0, 0.05) is 28.2 Å². The Labute approximate surface area is 156 Å². The summed E-state index contributed by atoms with van der Waals surface area (Å²) >= 11 is 1.71. The summed E-state index contributed by atoms with van der Waals surface area (Å²) in [6.07, 6.45) is 9.34. The maximum atomic E-state index is 12.3. The Balaban J connectivity index is 1.82. The van der Waals surface area contributed by atoms with E-state index in [0.717, 1.165) is 36.3 Å². The Morgan fingerprint density at radius 2 is 2.12 bits per heavy atom. The van der Waals surface area contributed by atoms with E-state index >= 15 is 0 Å². The standard InChI is InChI=1S/C22H28O2S/c1-4-20(25-21-10-6-5-7-11-21)12-8-9-18-13-14-19(15-22(18)23)24-16-17(2)3/h4-7,10-12,15,17-18H,1,8-9,13-14,16H2,2-3H3/b20-12+. The quantitative estimate of drug-likeness (QED) is 0.391. The number of allylic oxidation sites excluding steroid dienone is 4. The lowest BCUT2D eigenvalue weighted by Gasteiger charge is -2.21. The van der Waals surface area contributed by atoms with E-state index in [1.807, 2.05) is 24.3 Å². The molecule has 0 spiro atoms. The number of rotatable bonds is 9. The Bertz CT molecular complexity index is 629. The van der Waals surface area contributed by atoms with Gasteiger partial charge in [0.2, 0.25) is 0 Å². The van der Waals surface area contributed by atoms with E-state index in [0.29, 0.717) is 12.5 Å². The van der Waals surface area contributed by atoms with Crippen LogP contribution in [0.2, 0.25) is 0 Å². The van der Waals surface area contributed by atoms with Crippen LogP contribution in [-0.4, -0.2) is 12.4 Å². The molecule has 0 heterocycles. The predicted molar refractivity (Wildman–Crippen MR) is 106 cm³/mol. The van der Waals surface area contributed by atoms with Crippen molar-refractivity contribution in [2.75, 3.05) is 6.61 Å². The molecule has 0 N–H and O–H groups in total. The predicted octanol–water partition coefficient (Wildman–Crippen LogP) is 6.16. The van der Waals surface area contributed by atoms with E-state index in [2.05, 4.69) is 38.6 Å². The second kappa shape index (κ2) is 10.3. The molecule has 0 aromatic heterocycles. The zero-order valence-corrected chi connectivity index (χ0v) is 16.1. The van der Waals surface area contributed by atoms with Gasteiger partial charge in [-0.05, 0) is 37.3 Å². The summed E-state index contributed by atoms with van der Waals surface area (Å²) in [4.78, 5) is 14.6. The molecule has 0 saturated carbocycles. The van der Waals surface area contributed by atoms with Crippen molar-refractivity contribution in [2.24, 2.45) is 11.8 Å². The van der Waals surface area contributed by atoms with Crippen LogP contribution in [0.4, 0.5) is 0 Å². The van der Waals surface area contributed by atoms with E-state index in [4.69, 9.17) is 4.74 Å². The van der Waals surface area contributed by atoms with Gasteiger partial charge in [0.1, 0.15) is 0 Å². The Morgan fingerprint density at radius 3 is 2.76 bits per heavy atom. The van der Waals surface area contributed by atoms with Crippen LogP contribution in [0.1, 0.15) is 39.5 Å². The molecular weight excluding hydrogens is 328 g/mol. The van der Waals surface area contributed by atoms with Gasteiger partial charge in [-0.2, -0.15) is 0 Å². The van der Waals surface area contributed by atoms with Crippen LogP contribution in [0, 0.1) is 11.8 Å². The number of ketones is 1. The van der Waals surface area contributed by atoms with Crippen molar-refractivity contribution in [3.8, 4) is 0 Å². The van der Waals surface area contributed by atoms with Gasteiger partial charge in [-0.1, -0.05) is 62.5 Å². The fraction of sp³-hybridized carbons (Fsp3) is 0.409. The van der Waals surface area contributed by atoms with Crippen molar-refractivity contribution in [1.29, 1.82) is 0 Å². The topological polar surface area (TPSA) is 26.3 Å². The number of hydrogen-bond donors (Lipinski definition) is 0. The van der Waals surface area contributed by atoms with Gasteiger partial charge in [0.05, 0.1) is 12.4 Å². The van der Waals surface area contributed by atoms with Gasteiger partial charge < -0.3 is 4.74 Å². The van der Waals surface area contributed by atoms with Crippen LogP contribution >= 0.6 is 11.8 Å². The lowest BCUT2D eigenvalue weighted by atomic mass is 9.88. The molecule has 2 nitrogen and oxygen atoms in total. The molecule has 1 unspecified atom stereocenters. The zero-order chi connectivity index (χ0) is 18.1. The average Bonchev–Trinajstić information content (AvgIpc) is 2.61. The number of thioether (sulfide) groups is 1. The summed E-state index contributed by atoms with van der Waals surface area (Å²) in [7, 11) is 0. The average molecular weight is 357 g/mol. The molecule has 0 bridgehead atoms. The molecule has 134 valence electrons. The van der Waals surface area contributed by atoms with Crippen molar-refractivity contribution in [3.63, 3.8) is 0 Å². The molecule has 0 aliphatic heterocycles. The van der Waals surface area contributed by atoms with Gasteiger partial charge in [-0.3, -0.25) is 4.79 Å². The highest BCUT2D eigenvalue weighted by Crippen LogP contribution is 2.29. The number of carbonyl (C=O) groups excluding carboxylic acids is 1. The molecule has 25 heavy (non-hydrogen) atoms. The number of benzene rings is 1. The SMILES string of the molecule is C=C/C(=C\CCC1CCC(OCC(C)C)=CC1=O)Sc1ccccc1. The summed E-state index contributed by atoms with van der Waals surface area (Å²) in [5.41, 5.74) is 0. The number of carbonyl (C=O) groups is 1. The van der Waals surface area contributed by atoms with Crippen molar-refractivity contribution >= 4 is 17.5 Å². The van der Waals surface area contributed by atoms with Crippen molar-refractivity contribution in [3.05, 3.63) is 65.8 Å². The molecule has 0 radical (unpaired) electrons. The van der Waals surface area contributed by atoms with Crippen LogP contribution in [0.5, 0.6) is 0 Å². The maximum absolute atomic E-state index is 12.3. The summed E-state index contributed by atoms with van der Waals surface area (Å²) in [5, 5.41) is 0. The first kappa shape index (κ1) is 19.6. The van der Waals surface area contributed by atoms with Gasteiger partial charge in [-0.15, -0.1) is 0 Å². The lowest BCUT2D eigenvalue weighted by Crippen LogP contribution is -2.19. The molecule has 2 rings (SSSR count). The minimum absolute atomic E-state index is 0.121. The van der Waals surface area contributed by atoms with Crippen LogP contribution in [0.25, 0.3) is 0 Å². The fourth-order valence-corrected chi connectivity index (χ4v) is 3.55. The third-order valence-corrected chi connectivity index (χ3v) is 5.16. The Kier molecular flexibility index (Phi) is 8.07. The van der Waals surface area contributed by atoms with Gasteiger partial charge in [0.15, 0.2) is 5.78 Å². The van der Waals surface area contributed by atoms with Crippen molar-refractivity contribution < 1.29 is 9.53 Å². The Hall–Kier alpha value is -1.74. The van der Waals surface area contributed by atoms with Crippen LogP contribution < -0.4 is 0 Å². The monoisotopic (exact) mass is 356 g/mol. The summed E-state index contributed by atoms with van der Waals surface area (Å²) in [6.45, 7) is 8.82. The normalized spacial score (nSPS) is 18.2. The van der Waals surface area contributed by atoms with Gasteiger partial charge in [0.25, 0.3) is 0 Å². The minimum Gasteiger partial charge on any atom is -0.498 e. The Morgan fingerprint density at radius 1 is 1.36 bits per heavy atom. The molecule has 1 aromatic rings. The molecule has 0 fully saturated rings. The fourth-order valence-electron chi connectivity index (χ4n) is 2.70. The smallest absolute Gasteiger partial charge is 0.162 e. The van der Waals surface area contributed by atoms with E-state index in [9.17, 15) is 4.79 Å². The van der Waals surface area contributed by atoms with Crippen LogP contribution in [0.3, 0.4) is 0 Å². The highest BCUT2D eigenvalue weighted by Gasteiger charge is 2.22. The highest BCUT2D eigenvalue weighted by molar-refractivity contribution is 8.03. The van der Waals surface area contributed by atoms with E-state index < -0.39 is 0 Å². The van der Waals surface area contributed by atoms with Gasteiger partial charge in [-0.25, -0.2) is 0 Å². The molecule has 1 atom stereocenters. The van der Waals surface area contributed by atoms with Crippen molar-refractivity contribution in [1.82, 2.24) is 0 Å². The minimum atomic E-state index is 0.121. The van der Waals surface area contributed by atoms with Crippen LogP contribution in [0.15, 0.2) is 70.7 Å². The molecule has 1 aliphatic carbocycles. The third kappa shape index (κ3) is 6.95. The largest absolute Gasteiger partial charge is 0.498 e. The third-order valence-electron chi connectivity index (χ3n) is 4.09. The summed E-state index contributed by atoms with van der Waals surface area (Å²) in [5.74, 6) is 1.68. The first-order valence-corrected chi connectivity index (χ1v) is 9.83. The molecule has 1 aliphatic rings. The first-order chi connectivity index (χ1) is 12.1. The zero-order valence-electron chi connectivity index (χ0n) is 15.2. The second-order valence-electron chi connectivity index (χ2n) is 6.76. The van der Waals surface area contributed by atoms with Gasteiger partial charge >= 0.3 is 0 Å². The maximum Gasteiger partial charge on any atom is 0.162 e. The molecule has 3 heteroatoms. The summed E-state index contributed by atoms with van der Waals surface area (Å²) < 4.78 is 5.70. The van der Waals surface area contributed by atoms with Crippen LogP contribution in [-0.2, 0) is 9.53 Å². The highest BCUT2D eigenvalue weighted by atomic mass is 32.2. The van der Waals surface area contributed by atoms with E-state index in [-0.39, 0.29) is 11.7 Å². The molecule has 1 aromatic carbocycles. The summed E-state index contributed by atoms with van der Waals surface area (Å²) in [6, 6.07) is 10.3. The van der Waals surface area contributed by atoms with E-state index in [1.54, 1.807) is 17.8 Å².